The number of fused-ring (bicyclic) bond motifs is 1. The first-order valence-corrected chi connectivity index (χ1v) is 16.3. The third-order valence-electron chi connectivity index (χ3n) is 7.43. The van der Waals surface area contributed by atoms with Crippen molar-refractivity contribution in [3.8, 4) is 11.5 Å². The van der Waals surface area contributed by atoms with Crippen LogP contribution in [0.25, 0.3) is 6.08 Å². The lowest BCUT2D eigenvalue weighted by Gasteiger charge is -2.20. The van der Waals surface area contributed by atoms with Crippen LogP contribution in [0.2, 0.25) is 0 Å². The molecule has 240 valence electrons. The number of amides is 3. The van der Waals surface area contributed by atoms with Crippen LogP contribution in [0.1, 0.15) is 32.3 Å². The van der Waals surface area contributed by atoms with Crippen molar-refractivity contribution in [1.29, 1.82) is 0 Å². The summed E-state index contributed by atoms with van der Waals surface area (Å²) in [5, 5.41) is 8.12. The molecule has 1 unspecified atom stereocenters. The van der Waals surface area contributed by atoms with Crippen LogP contribution in [0, 0.1) is 6.92 Å². The Kier molecular flexibility index (Phi) is 10.2. The van der Waals surface area contributed by atoms with Gasteiger partial charge in [-0.25, -0.2) is 0 Å². The molecular formula is C39H33N3O5S. The highest BCUT2D eigenvalue weighted by molar-refractivity contribution is 8.00. The Labute approximate surface area is 283 Å². The van der Waals surface area contributed by atoms with Crippen LogP contribution in [-0.2, 0) is 9.59 Å². The molecule has 0 aliphatic carbocycles. The van der Waals surface area contributed by atoms with Gasteiger partial charge in [0.2, 0.25) is 5.91 Å². The molecule has 5 aromatic rings. The third-order valence-corrected chi connectivity index (χ3v) is 8.70. The van der Waals surface area contributed by atoms with Gasteiger partial charge in [-0.3, -0.25) is 14.4 Å². The first-order chi connectivity index (χ1) is 23.4. The van der Waals surface area contributed by atoms with Crippen molar-refractivity contribution in [3.63, 3.8) is 0 Å². The number of nitrogens with one attached hydrogen (secondary N) is 3. The molecule has 0 aromatic heterocycles. The molecule has 8 nitrogen and oxygen atoms in total. The lowest BCUT2D eigenvalue weighted by atomic mass is 10.1. The molecule has 0 saturated carbocycles. The molecule has 0 bridgehead atoms. The van der Waals surface area contributed by atoms with E-state index in [2.05, 4.69) is 16.0 Å². The number of carbonyl (C=O) groups excluding carboxylic acids is 3. The van der Waals surface area contributed by atoms with E-state index in [-0.39, 0.29) is 11.6 Å². The zero-order chi connectivity index (χ0) is 33.3. The molecule has 9 heteroatoms. The molecule has 0 spiro atoms. The van der Waals surface area contributed by atoms with E-state index < -0.39 is 17.1 Å². The number of thioether (sulfide) groups is 1. The van der Waals surface area contributed by atoms with E-state index in [1.165, 1.54) is 11.8 Å². The second kappa shape index (κ2) is 15.2. The number of carbonyl (C=O) groups is 3. The van der Waals surface area contributed by atoms with Crippen molar-refractivity contribution in [1.82, 2.24) is 5.32 Å². The minimum absolute atomic E-state index is 0.103. The average Bonchev–Trinajstić information content (AvgIpc) is 3.12. The smallest absolute Gasteiger partial charge is 0.272 e. The van der Waals surface area contributed by atoms with Gasteiger partial charge in [0.25, 0.3) is 11.8 Å². The van der Waals surface area contributed by atoms with Crippen molar-refractivity contribution in [2.24, 2.45) is 0 Å². The Morgan fingerprint density at radius 2 is 1.35 bits per heavy atom. The van der Waals surface area contributed by atoms with Gasteiger partial charge in [0.1, 0.15) is 24.2 Å². The first-order valence-electron chi connectivity index (χ1n) is 15.4. The van der Waals surface area contributed by atoms with Gasteiger partial charge >= 0.3 is 0 Å². The fourth-order valence-corrected chi connectivity index (χ4v) is 5.98. The number of ether oxygens (including phenoxy) is 2. The summed E-state index contributed by atoms with van der Waals surface area (Å²) < 4.78 is 11.3. The topological polar surface area (TPSA) is 106 Å². The standard InChI is InChI=1S/C39H33N3O5S/c1-26-12-14-27(15-13-26)24-33(42-37(43)29-10-6-3-7-11-29)38(44)40-30-16-19-32(20-17-30)48-36(28-8-4-2-5-9-28)39(45)41-31-18-21-34-35(25-31)47-23-22-46-34/h2-21,24-25,36H,22-23H2,1H3,(H,40,44)(H,41,45)(H,42,43)/b33-24-. The lowest BCUT2D eigenvalue weighted by molar-refractivity contribution is -0.116. The second-order valence-electron chi connectivity index (χ2n) is 11.0. The number of aryl methyl sites for hydroxylation is 1. The maximum atomic E-state index is 13.6. The monoisotopic (exact) mass is 655 g/mol. The number of benzene rings is 5. The molecule has 48 heavy (non-hydrogen) atoms. The Morgan fingerprint density at radius 1 is 0.708 bits per heavy atom. The molecule has 0 radical (unpaired) electrons. The summed E-state index contributed by atoms with van der Waals surface area (Å²) in [6, 6.07) is 38.5. The Morgan fingerprint density at radius 3 is 2.06 bits per heavy atom. The van der Waals surface area contributed by atoms with E-state index in [9.17, 15) is 14.4 Å². The summed E-state index contributed by atoms with van der Waals surface area (Å²) in [4.78, 5) is 40.9. The molecule has 0 saturated heterocycles. The highest BCUT2D eigenvalue weighted by Gasteiger charge is 2.23. The van der Waals surface area contributed by atoms with Crippen LogP contribution in [-0.4, -0.2) is 30.9 Å². The predicted molar refractivity (Wildman–Crippen MR) is 189 cm³/mol. The first kappa shape index (κ1) is 32.2. The van der Waals surface area contributed by atoms with Crippen molar-refractivity contribution < 1.29 is 23.9 Å². The van der Waals surface area contributed by atoms with Gasteiger partial charge < -0.3 is 25.4 Å². The van der Waals surface area contributed by atoms with Crippen molar-refractivity contribution in [2.45, 2.75) is 17.1 Å². The Hall–Kier alpha value is -5.80. The van der Waals surface area contributed by atoms with Gasteiger partial charge in [0, 0.05) is 27.9 Å². The summed E-state index contributed by atoms with van der Waals surface area (Å²) in [7, 11) is 0. The molecule has 3 amide bonds. The van der Waals surface area contributed by atoms with Gasteiger partial charge in [0.05, 0.1) is 0 Å². The molecule has 3 N–H and O–H groups in total. The van der Waals surface area contributed by atoms with Gasteiger partial charge in [-0.05, 0) is 72.7 Å². The van der Waals surface area contributed by atoms with Gasteiger partial charge in [-0.1, -0.05) is 78.4 Å². The quantitative estimate of drug-likeness (QED) is 0.105. The second-order valence-corrected chi connectivity index (χ2v) is 12.2. The Bertz CT molecular complexity index is 1930. The Balaban J connectivity index is 1.17. The van der Waals surface area contributed by atoms with Crippen molar-refractivity contribution >= 4 is 46.9 Å². The molecular weight excluding hydrogens is 623 g/mol. The van der Waals surface area contributed by atoms with Crippen LogP contribution >= 0.6 is 11.8 Å². The number of anilines is 2. The summed E-state index contributed by atoms with van der Waals surface area (Å²) in [5.41, 5.74) is 4.38. The minimum Gasteiger partial charge on any atom is -0.486 e. The normalized spacial score (nSPS) is 12.8. The zero-order valence-electron chi connectivity index (χ0n) is 26.1. The minimum atomic E-state index is -0.558. The van der Waals surface area contributed by atoms with Gasteiger partial charge in [0.15, 0.2) is 11.5 Å². The van der Waals surface area contributed by atoms with Crippen LogP contribution in [0.4, 0.5) is 11.4 Å². The predicted octanol–water partition coefficient (Wildman–Crippen LogP) is 7.65. The third kappa shape index (κ3) is 8.31. The number of hydrogen-bond acceptors (Lipinski definition) is 6. The zero-order valence-corrected chi connectivity index (χ0v) is 27.0. The molecule has 5 aromatic carbocycles. The van der Waals surface area contributed by atoms with Crippen LogP contribution in [0.5, 0.6) is 11.5 Å². The van der Waals surface area contributed by atoms with Crippen LogP contribution in [0.15, 0.2) is 138 Å². The van der Waals surface area contributed by atoms with Gasteiger partial charge in [-0.2, -0.15) is 0 Å². The molecule has 1 atom stereocenters. The lowest BCUT2D eigenvalue weighted by Crippen LogP contribution is -2.30. The average molecular weight is 656 g/mol. The maximum absolute atomic E-state index is 13.6. The molecule has 6 rings (SSSR count). The largest absolute Gasteiger partial charge is 0.486 e. The number of rotatable bonds is 10. The van der Waals surface area contributed by atoms with Crippen LogP contribution < -0.4 is 25.4 Å². The fourth-order valence-electron chi connectivity index (χ4n) is 4.95. The summed E-state index contributed by atoms with van der Waals surface area (Å²) in [5.74, 6) is 0.188. The molecule has 1 aliphatic heterocycles. The van der Waals surface area contributed by atoms with E-state index in [0.717, 1.165) is 21.6 Å². The van der Waals surface area contributed by atoms with Crippen molar-refractivity contribution in [2.75, 3.05) is 23.8 Å². The summed E-state index contributed by atoms with van der Waals surface area (Å²) >= 11 is 1.39. The van der Waals surface area contributed by atoms with E-state index in [0.29, 0.717) is 41.7 Å². The maximum Gasteiger partial charge on any atom is 0.272 e. The van der Waals surface area contributed by atoms with Crippen LogP contribution in [0.3, 0.4) is 0 Å². The molecule has 0 fully saturated rings. The van der Waals surface area contributed by atoms with Gasteiger partial charge in [-0.15, -0.1) is 11.8 Å². The van der Waals surface area contributed by atoms with Crippen molar-refractivity contribution in [3.05, 3.63) is 155 Å². The fraction of sp³-hybridized carbons (Fsp3) is 0.103. The SMILES string of the molecule is Cc1ccc(/C=C(\NC(=O)c2ccccc2)C(=O)Nc2ccc(SC(C(=O)Nc3ccc4c(c3)OCCO4)c3ccccc3)cc2)cc1. The molecule has 1 aliphatic rings. The van der Waals surface area contributed by atoms with E-state index in [1.807, 2.05) is 79.7 Å². The summed E-state index contributed by atoms with van der Waals surface area (Å²) in [6.07, 6.45) is 1.64. The highest BCUT2D eigenvalue weighted by atomic mass is 32.2. The van der Waals surface area contributed by atoms with E-state index in [4.69, 9.17) is 9.47 Å². The highest BCUT2D eigenvalue weighted by Crippen LogP contribution is 2.38. The molecule has 1 heterocycles. The number of hydrogen-bond donors (Lipinski definition) is 3. The van der Waals surface area contributed by atoms with E-state index >= 15 is 0 Å². The summed E-state index contributed by atoms with van der Waals surface area (Å²) in [6.45, 7) is 2.93. The van der Waals surface area contributed by atoms with E-state index in [1.54, 1.807) is 60.7 Å².